The van der Waals surface area contributed by atoms with Gasteiger partial charge in [0.15, 0.2) is 0 Å². The summed E-state index contributed by atoms with van der Waals surface area (Å²) in [7, 11) is 0. The summed E-state index contributed by atoms with van der Waals surface area (Å²) in [5, 5.41) is 2.57. The molecular weight excluding hydrogens is 251 g/mol. The Morgan fingerprint density at radius 2 is 1.82 bits per heavy atom. The van der Waals surface area contributed by atoms with Crippen molar-refractivity contribution in [2.24, 2.45) is 0 Å². The van der Waals surface area contributed by atoms with Crippen molar-refractivity contribution < 1.29 is 18.0 Å². The van der Waals surface area contributed by atoms with Crippen LogP contribution in [0, 0.1) is 13.8 Å². The van der Waals surface area contributed by atoms with Crippen LogP contribution in [0.1, 0.15) is 18.1 Å². The molecule has 0 saturated carbocycles. The van der Waals surface area contributed by atoms with Gasteiger partial charge in [0, 0.05) is 17.5 Å². The van der Waals surface area contributed by atoms with Gasteiger partial charge < -0.3 is 5.32 Å². The van der Waals surface area contributed by atoms with Crippen LogP contribution in [0.3, 0.4) is 0 Å². The third-order valence-electron chi connectivity index (χ3n) is 2.27. The van der Waals surface area contributed by atoms with E-state index in [1.165, 1.54) is 19.1 Å². The number of hydrogen-bond donors (Lipinski definition) is 1. The summed E-state index contributed by atoms with van der Waals surface area (Å²) in [6.07, 6.45) is 0. The smallest absolute Gasteiger partial charge is 0.326 e. The van der Waals surface area contributed by atoms with E-state index in [1.54, 1.807) is 13.8 Å². The molecule has 0 bridgehead atoms. The van der Waals surface area contributed by atoms with Gasteiger partial charge in [-0.15, -0.1) is 0 Å². The maximum atomic E-state index is 12.3. The van der Waals surface area contributed by atoms with Gasteiger partial charge in [0.05, 0.1) is 0 Å². The molecule has 0 heterocycles. The average molecular weight is 263 g/mol. The van der Waals surface area contributed by atoms with Crippen molar-refractivity contribution in [3.63, 3.8) is 0 Å². The van der Waals surface area contributed by atoms with E-state index in [1.807, 2.05) is 0 Å². The number of hydrogen-bond acceptors (Lipinski definition) is 2. The van der Waals surface area contributed by atoms with Crippen molar-refractivity contribution in [3.8, 4) is 0 Å². The van der Waals surface area contributed by atoms with Crippen LogP contribution in [-0.2, 0) is 4.79 Å². The topological polar surface area (TPSA) is 29.1 Å². The predicted molar refractivity (Wildman–Crippen MR) is 62.1 cm³/mol. The number of thioether (sulfide) groups is 1. The first-order valence-corrected chi connectivity index (χ1v) is 5.66. The summed E-state index contributed by atoms with van der Waals surface area (Å²) in [5.41, 5.74) is -2.58. The van der Waals surface area contributed by atoms with Gasteiger partial charge in [-0.05, 0) is 48.9 Å². The molecule has 1 amide bonds. The number of alkyl halides is 3. The van der Waals surface area contributed by atoms with Gasteiger partial charge in [0.25, 0.3) is 0 Å². The van der Waals surface area contributed by atoms with E-state index >= 15 is 0 Å². The fourth-order valence-electron chi connectivity index (χ4n) is 1.36. The standard InChI is InChI=1S/C11H12F3NOS/c1-6-7(2)10(17-11(12,13)14)5-4-9(6)15-8(3)16/h4-5H,1-3H3,(H,15,16). The van der Waals surface area contributed by atoms with E-state index in [9.17, 15) is 18.0 Å². The van der Waals surface area contributed by atoms with Gasteiger partial charge in [0.1, 0.15) is 0 Å². The number of anilines is 1. The fourth-order valence-corrected chi connectivity index (χ4v) is 2.05. The van der Waals surface area contributed by atoms with E-state index in [4.69, 9.17) is 0 Å². The molecule has 1 aromatic carbocycles. The number of rotatable bonds is 2. The number of carbonyl (C=O) groups is 1. The number of nitrogens with one attached hydrogen (secondary N) is 1. The maximum absolute atomic E-state index is 12.3. The monoisotopic (exact) mass is 263 g/mol. The van der Waals surface area contributed by atoms with Crippen LogP contribution >= 0.6 is 11.8 Å². The molecule has 1 aromatic rings. The first-order chi connectivity index (χ1) is 7.70. The normalized spacial score (nSPS) is 11.4. The van der Waals surface area contributed by atoms with Crippen LogP contribution in [0.15, 0.2) is 17.0 Å². The van der Waals surface area contributed by atoms with Crippen LogP contribution in [-0.4, -0.2) is 11.4 Å². The van der Waals surface area contributed by atoms with Crippen molar-refractivity contribution in [2.75, 3.05) is 5.32 Å². The molecule has 1 rings (SSSR count). The van der Waals surface area contributed by atoms with Gasteiger partial charge in [-0.2, -0.15) is 13.2 Å². The largest absolute Gasteiger partial charge is 0.446 e. The lowest BCUT2D eigenvalue weighted by molar-refractivity contribution is -0.114. The van der Waals surface area contributed by atoms with Crippen molar-refractivity contribution in [1.82, 2.24) is 0 Å². The molecule has 0 aliphatic heterocycles. The third-order valence-corrected chi connectivity index (χ3v) is 3.17. The summed E-state index contributed by atoms with van der Waals surface area (Å²) in [5.74, 6) is -0.247. The predicted octanol–water partition coefficient (Wildman–Crippen LogP) is 3.87. The molecule has 1 N–H and O–H groups in total. The second kappa shape index (κ2) is 5.00. The molecule has 6 heteroatoms. The Kier molecular flexibility index (Phi) is 4.08. The highest BCUT2D eigenvalue weighted by Gasteiger charge is 2.30. The Balaban J connectivity index is 3.06. The molecular formula is C11H12F3NOS. The highest BCUT2D eigenvalue weighted by atomic mass is 32.2. The van der Waals surface area contributed by atoms with Crippen LogP contribution in [0.5, 0.6) is 0 Å². The highest BCUT2D eigenvalue weighted by molar-refractivity contribution is 8.00. The Labute approximate surface area is 102 Å². The van der Waals surface area contributed by atoms with E-state index < -0.39 is 5.51 Å². The lowest BCUT2D eigenvalue weighted by Crippen LogP contribution is -2.08. The number of benzene rings is 1. The van der Waals surface area contributed by atoms with E-state index in [0.29, 0.717) is 16.8 Å². The summed E-state index contributed by atoms with van der Waals surface area (Å²) >= 11 is -0.144. The van der Waals surface area contributed by atoms with E-state index in [-0.39, 0.29) is 22.6 Å². The lowest BCUT2D eigenvalue weighted by Gasteiger charge is -2.14. The number of carbonyl (C=O) groups excluding carboxylic acids is 1. The number of amides is 1. The minimum atomic E-state index is -4.30. The molecule has 0 unspecified atom stereocenters. The summed E-state index contributed by atoms with van der Waals surface area (Å²) in [4.78, 5) is 11.1. The van der Waals surface area contributed by atoms with Gasteiger partial charge in [-0.25, -0.2) is 0 Å². The molecule has 0 radical (unpaired) electrons. The molecule has 0 spiro atoms. The molecule has 0 aliphatic carbocycles. The Morgan fingerprint density at radius 3 is 2.29 bits per heavy atom. The molecule has 2 nitrogen and oxygen atoms in total. The van der Waals surface area contributed by atoms with Crippen molar-refractivity contribution in [1.29, 1.82) is 0 Å². The summed E-state index contributed by atoms with van der Waals surface area (Å²) in [6, 6.07) is 2.85. The van der Waals surface area contributed by atoms with Gasteiger partial charge in [0.2, 0.25) is 5.91 Å². The summed E-state index contributed by atoms with van der Waals surface area (Å²) < 4.78 is 36.8. The quantitative estimate of drug-likeness (QED) is 0.820. The average Bonchev–Trinajstić information content (AvgIpc) is 2.15. The van der Waals surface area contributed by atoms with Gasteiger partial charge in [-0.3, -0.25) is 4.79 Å². The molecule has 0 aliphatic rings. The van der Waals surface area contributed by atoms with E-state index in [0.717, 1.165) is 0 Å². The van der Waals surface area contributed by atoms with Crippen molar-refractivity contribution in [3.05, 3.63) is 23.3 Å². The van der Waals surface area contributed by atoms with Gasteiger partial charge in [-0.1, -0.05) is 0 Å². The zero-order chi connectivity index (χ0) is 13.2. The lowest BCUT2D eigenvalue weighted by atomic mass is 10.1. The Bertz CT molecular complexity index is 443. The summed E-state index contributed by atoms with van der Waals surface area (Å²) in [6.45, 7) is 4.64. The van der Waals surface area contributed by atoms with Gasteiger partial charge >= 0.3 is 5.51 Å². The fraction of sp³-hybridized carbons (Fsp3) is 0.364. The minimum absolute atomic E-state index is 0.144. The molecule has 0 atom stereocenters. The first kappa shape index (κ1) is 13.9. The second-order valence-corrected chi connectivity index (χ2v) is 4.70. The van der Waals surface area contributed by atoms with E-state index in [2.05, 4.69) is 5.32 Å². The molecule has 0 saturated heterocycles. The molecule has 0 aromatic heterocycles. The molecule has 0 fully saturated rings. The highest BCUT2D eigenvalue weighted by Crippen LogP contribution is 2.40. The van der Waals surface area contributed by atoms with Crippen LogP contribution in [0.2, 0.25) is 0 Å². The van der Waals surface area contributed by atoms with Crippen LogP contribution < -0.4 is 5.32 Å². The maximum Gasteiger partial charge on any atom is 0.446 e. The third kappa shape index (κ3) is 3.96. The minimum Gasteiger partial charge on any atom is -0.326 e. The zero-order valence-electron chi connectivity index (χ0n) is 9.61. The SMILES string of the molecule is CC(=O)Nc1ccc(SC(F)(F)F)c(C)c1C. The molecule has 94 valence electrons. The zero-order valence-corrected chi connectivity index (χ0v) is 10.4. The number of halogens is 3. The van der Waals surface area contributed by atoms with Crippen LogP contribution in [0.4, 0.5) is 18.9 Å². The van der Waals surface area contributed by atoms with Crippen molar-refractivity contribution >= 4 is 23.4 Å². The first-order valence-electron chi connectivity index (χ1n) is 4.84. The molecule has 17 heavy (non-hydrogen) atoms. The Hall–Kier alpha value is -1.17. The van der Waals surface area contributed by atoms with Crippen molar-refractivity contribution in [2.45, 2.75) is 31.2 Å². The second-order valence-electron chi connectivity index (χ2n) is 3.59. The van der Waals surface area contributed by atoms with Crippen LogP contribution in [0.25, 0.3) is 0 Å². The Morgan fingerprint density at radius 1 is 1.24 bits per heavy atom.